The standard InChI is InChI=1S/C25H29ClF3N3O/c1-2-24(19-7-3-4-8-22(19)30-23(24)33)11-5-6-12-31-13-15-32(16-14-31)18-9-10-21(26)20(17-18)25(27,28)29/h3-4,7-10,17H,2,5-6,11-16H2,1H3,(H,30,33). The monoisotopic (exact) mass is 479 g/mol. The van der Waals surface area contributed by atoms with Gasteiger partial charge in [-0.15, -0.1) is 0 Å². The Morgan fingerprint density at radius 1 is 1.06 bits per heavy atom. The lowest BCUT2D eigenvalue weighted by atomic mass is 9.75. The molecule has 2 aliphatic rings. The fourth-order valence-corrected chi connectivity index (χ4v) is 5.29. The SMILES string of the molecule is CCC1(CCCCN2CCN(c3ccc(Cl)c(C(F)(F)F)c3)CC2)C(=O)Nc2ccccc21. The Hall–Kier alpha value is -2.25. The van der Waals surface area contributed by atoms with Gasteiger partial charge in [-0.2, -0.15) is 13.2 Å². The van der Waals surface area contributed by atoms with Gasteiger partial charge >= 0.3 is 6.18 Å². The van der Waals surface area contributed by atoms with E-state index in [0.29, 0.717) is 18.8 Å². The van der Waals surface area contributed by atoms with Crippen LogP contribution in [-0.2, 0) is 16.4 Å². The third-order valence-electron chi connectivity index (χ3n) is 7.05. The summed E-state index contributed by atoms with van der Waals surface area (Å²) in [7, 11) is 0. The van der Waals surface area contributed by atoms with E-state index >= 15 is 0 Å². The van der Waals surface area contributed by atoms with Crippen LogP contribution >= 0.6 is 11.6 Å². The number of hydrogen-bond donors (Lipinski definition) is 1. The molecule has 4 nitrogen and oxygen atoms in total. The maximum atomic E-state index is 13.2. The van der Waals surface area contributed by atoms with Crippen LogP contribution in [0, 0.1) is 0 Å². The number of para-hydroxylation sites is 1. The van der Waals surface area contributed by atoms with Gasteiger partial charge in [0.1, 0.15) is 0 Å². The van der Waals surface area contributed by atoms with Crippen LogP contribution in [0.5, 0.6) is 0 Å². The highest BCUT2D eigenvalue weighted by molar-refractivity contribution is 6.31. The van der Waals surface area contributed by atoms with Crippen molar-refractivity contribution in [3.63, 3.8) is 0 Å². The second-order valence-electron chi connectivity index (χ2n) is 8.88. The molecule has 8 heteroatoms. The van der Waals surface area contributed by atoms with Crippen LogP contribution in [0.25, 0.3) is 0 Å². The predicted molar refractivity (Wildman–Crippen MR) is 126 cm³/mol. The molecule has 1 fully saturated rings. The Kier molecular flexibility index (Phi) is 6.91. The Bertz CT molecular complexity index is 1000. The summed E-state index contributed by atoms with van der Waals surface area (Å²) in [5.74, 6) is 0.0982. The number of amides is 1. The van der Waals surface area contributed by atoms with Gasteiger partial charge in [0.05, 0.1) is 16.0 Å². The van der Waals surface area contributed by atoms with E-state index in [0.717, 1.165) is 62.6 Å². The van der Waals surface area contributed by atoms with E-state index in [2.05, 4.69) is 23.2 Å². The number of anilines is 2. The number of hydrogen-bond acceptors (Lipinski definition) is 3. The lowest BCUT2D eigenvalue weighted by molar-refractivity contribution is -0.137. The highest BCUT2D eigenvalue weighted by atomic mass is 35.5. The average Bonchev–Trinajstić information content (AvgIpc) is 3.08. The van der Waals surface area contributed by atoms with Gasteiger partial charge in [-0.05, 0) is 55.6 Å². The molecule has 178 valence electrons. The maximum Gasteiger partial charge on any atom is 0.417 e. The fraction of sp³-hybridized carbons (Fsp3) is 0.480. The van der Waals surface area contributed by atoms with Crippen LogP contribution < -0.4 is 10.2 Å². The van der Waals surface area contributed by atoms with Crippen molar-refractivity contribution in [2.75, 3.05) is 42.9 Å². The molecular weight excluding hydrogens is 451 g/mol. The molecular formula is C25H29ClF3N3O. The van der Waals surface area contributed by atoms with E-state index in [1.54, 1.807) is 6.07 Å². The number of piperazine rings is 1. The first-order valence-electron chi connectivity index (χ1n) is 11.5. The molecule has 4 rings (SSSR count). The number of carbonyl (C=O) groups is 1. The van der Waals surface area contributed by atoms with Crippen LogP contribution in [0.1, 0.15) is 43.7 Å². The molecule has 0 bridgehead atoms. The molecule has 1 saturated heterocycles. The van der Waals surface area contributed by atoms with Crippen molar-refractivity contribution in [2.24, 2.45) is 0 Å². The summed E-state index contributed by atoms with van der Waals surface area (Å²) in [6.07, 6.45) is -0.938. The molecule has 2 aromatic rings. The molecule has 1 N–H and O–H groups in total. The zero-order valence-electron chi connectivity index (χ0n) is 18.7. The number of nitrogens with zero attached hydrogens (tertiary/aromatic N) is 2. The van der Waals surface area contributed by atoms with Gasteiger partial charge in [-0.3, -0.25) is 9.69 Å². The smallest absolute Gasteiger partial charge is 0.369 e. The summed E-state index contributed by atoms with van der Waals surface area (Å²) in [5.41, 5.74) is 1.36. The summed E-state index contributed by atoms with van der Waals surface area (Å²) < 4.78 is 39.5. The molecule has 33 heavy (non-hydrogen) atoms. The van der Waals surface area contributed by atoms with Gasteiger partial charge in [0.2, 0.25) is 5.91 Å². The summed E-state index contributed by atoms with van der Waals surface area (Å²) in [6, 6.07) is 12.1. The topological polar surface area (TPSA) is 35.6 Å². The van der Waals surface area contributed by atoms with Crippen LogP contribution in [-0.4, -0.2) is 43.5 Å². The van der Waals surface area contributed by atoms with Crippen LogP contribution in [0.4, 0.5) is 24.5 Å². The highest BCUT2D eigenvalue weighted by Crippen LogP contribution is 2.43. The molecule has 2 heterocycles. The van der Waals surface area contributed by atoms with E-state index in [-0.39, 0.29) is 10.9 Å². The van der Waals surface area contributed by atoms with E-state index in [9.17, 15) is 18.0 Å². The van der Waals surface area contributed by atoms with Crippen molar-refractivity contribution in [1.82, 2.24) is 4.90 Å². The van der Waals surface area contributed by atoms with Gasteiger partial charge < -0.3 is 10.2 Å². The maximum absolute atomic E-state index is 13.2. The van der Waals surface area contributed by atoms with E-state index in [1.165, 1.54) is 6.07 Å². The molecule has 1 unspecified atom stereocenters. The van der Waals surface area contributed by atoms with E-state index < -0.39 is 17.2 Å². The third-order valence-corrected chi connectivity index (χ3v) is 7.38. The summed E-state index contributed by atoms with van der Waals surface area (Å²) in [5, 5.41) is 2.76. The number of nitrogens with one attached hydrogen (secondary N) is 1. The zero-order valence-corrected chi connectivity index (χ0v) is 19.5. The van der Waals surface area contributed by atoms with Crippen LogP contribution in [0.3, 0.4) is 0 Å². The number of benzene rings is 2. The van der Waals surface area contributed by atoms with Crippen molar-refractivity contribution in [3.8, 4) is 0 Å². The van der Waals surface area contributed by atoms with Crippen molar-refractivity contribution in [2.45, 2.75) is 44.2 Å². The second kappa shape index (κ2) is 9.55. The normalized spacial score (nSPS) is 21.2. The Labute approximate surface area is 197 Å². The van der Waals surface area contributed by atoms with Gasteiger partial charge in [0, 0.05) is 37.6 Å². The quantitative estimate of drug-likeness (QED) is 0.498. The van der Waals surface area contributed by atoms with Crippen LogP contribution in [0.15, 0.2) is 42.5 Å². The number of halogens is 4. The van der Waals surface area contributed by atoms with Gasteiger partial charge in [0.15, 0.2) is 0 Å². The number of rotatable bonds is 7. The number of alkyl halides is 3. The minimum absolute atomic E-state index is 0.0982. The number of fused-ring (bicyclic) bond motifs is 1. The van der Waals surface area contributed by atoms with Gasteiger partial charge in [-0.25, -0.2) is 0 Å². The first kappa shape index (κ1) is 23.9. The number of carbonyl (C=O) groups excluding carboxylic acids is 1. The lowest BCUT2D eigenvalue weighted by Crippen LogP contribution is -2.46. The molecule has 1 amide bonds. The summed E-state index contributed by atoms with van der Waals surface area (Å²) >= 11 is 5.75. The van der Waals surface area contributed by atoms with Crippen molar-refractivity contribution in [1.29, 1.82) is 0 Å². The predicted octanol–water partition coefficient (Wildman–Crippen LogP) is 5.95. The van der Waals surface area contributed by atoms with Gasteiger partial charge in [-0.1, -0.05) is 43.1 Å². The molecule has 2 aliphatic heterocycles. The summed E-state index contributed by atoms with van der Waals surface area (Å²) in [6.45, 7) is 5.94. The first-order valence-corrected chi connectivity index (χ1v) is 11.9. The lowest BCUT2D eigenvalue weighted by Gasteiger charge is -2.36. The average molecular weight is 480 g/mol. The van der Waals surface area contributed by atoms with Crippen LogP contribution in [0.2, 0.25) is 5.02 Å². The minimum atomic E-state index is -4.46. The molecule has 0 spiro atoms. The molecule has 0 saturated carbocycles. The Morgan fingerprint density at radius 3 is 2.48 bits per heavy atom. The number of unbranched alkanes of at least 4 members (excludes halogenated alkanes) is 1. The molecule has 0 aromatic heterocycles. The molecule has 0 aliphatic carbocycles. The largest absolute Gasteiger partial charge is 0.417 e. The fourth-order valence-electron chi connectivity index (χ4n) is 5.07. The Morgan fingerprint density at radius 2 is 1.79 bits per heavy atom. The molecule has 2 aromatic carbocycles. The Balaban J connectivity index is 1.27. The third kappa shape index (κ3) is 4.85. The first-order chi connectivity index (χ1) is 15.7. The second-order valence-corrected chi connectivity index (χ2v) is 9.29. The molecule has 0 radical (unpaired) electrons. The van der Waals surface area contributed by atoms with Crippen molar-refractivity contribution in [3.05, 3.63) is 58.6 Å². The zero-order chi connectivity index (χ0) is 23.6. The highest BCUT2D eigenvalue weighted by Gasteiger charge is 2.44. The van der Waals surface area contributed by atoms with Crippen molar-refractivity contribution < 1.29 is 18.0 Å². The minimum Gasteiger partial charge on any atom is -0.369 e. The van der Waals surface area contributed by atoms with Gasteiger partial charge in [0.25, 0.3) is 0 Å². The van der Waals surface area contributed by atoms with E-state index in [4.69, 9.17) is 11.6 Å². The molecule has 1 atom stereocenters. The van der Waals surface area contributed by atoms with E-state index in [1.807, 2.05) is 23.1 Å². The summed E-state index contributed by atoms with van der Waals surface area (Å²) in [4.78, 5) is 17.1. The van der Waals surface area contributed by atoms with Crippen molar-refractivity contribution >= 4 is 28.9 Å².